The van der Waals surface area contributed by atoms with Crippen LogP contribution in [0.15, 0.2) is 6.33 Å². The molecule has 0 fully saturated rings. The molecular weight excluding hydrogens is 226 g/mol. The van der Waals surface area contributed by atoms with Gasteiger partial charge in [-0.1, -0.05) is 0 Å². The Hall–Kier alpha value is -2.58. The van der Waals surface area contributed by atoms with Crippen LogP contribution < -0.4 is 5.73 Å². The Balaban J connectivity index is 2.71. The van der Waals surface area contributed by atoms with Crippen LogP contribution in [0, 0.1) is 24.0 Å². The van der Waals surface area contributed by atoms with E-state index in [1.54, 1.807) is 13.8 Å². The van der Waals surface area contributed by atoms with Gasteiger partial charge in [-0.2, -0.15) is 4.68 Å². The Kier molecular flexibility index (Phi) is 2.42. The zero-order valence-corrected chi connectivity index (χ0v) is 9.15. The van der Waals surface area contributed by atoms with Gasteiger partial charge in [-0.05, 0) is 13.8 Å². The van der Waals surface area contributed by atoms with Crippen molar-refractivity contribution < 1.29 is 4.92 Å². The average Bonchev–Trinajstić information content (AvgIpc) is 2.56. The van der Waals surface area contributed by atoms with Crippen LogP contribution in [0.4, 0.5) is 11.5 Å². The first-order valence-electron chi connectivity index (χ1n) is 4.66. The van der Waals surface area contributed by atoms with Gasteiger partial charge in [0.2, 0.25) is 11.6 Å². The van der Waals surface area contributed by atoms with Gasteiger partial charge in [0.15, 0.2) is 0 Å². The molecule has 0 unspecified atom stereocenters. The summed E-state index contributed by atoms with van der Waals surface area (Å²) in [6.07, 6.45) is 1.15. The maximum absolute atomic E-state index is 10.9. The molecule has 0 spiro atoms. The summed E-state index contributed by atoms with van der Waals surface area (Å²) < 4.78 is 1.27. The van der Waals surface area contributed by atoms with Gasteiger partial charge >= 0.3 is 5.69 Å². The van der Waals surface area contributed by atoms with Crippen LogP contribution in [0.25, 0.3) is 5.82 Å². The van der Waals surface area contributed by atoms with E-state index in [9.17, 15) is 10.1 Å². The molecule has 0 amide bonds. The molecule has 2 aromatic heterocycles. The lowest BCUT2D eigenvalue weighted by Gasteiger charge is -2.03. The van der Waals surface area contributed by atoms with Crippen molar-refractivity contribution in [3.8, 4) is 5.82 Å². The number of anilines is 1. The summed E-state index contributed by atoms with van der Waals surface area (Å²) in [6, 6.07) is 0. The third-order valence-electron chi connectivity index (χ3n) is 2.09. The van der Waals surface area contributed by atoms with Gasteiger partial charge in [-0.25, -0.2) is 15.0 Å². The van der Waals surface area contributed by atoms with E-state index in [-0.39, 0.29) is 17.3 Å². The van der Waals surface area contributed by atoms with E-state index in [0.717, 1.165) is 6.33 Å². The number of nitrogens with two attached hydrogens (primary N) is 1. The number of aryl methyl sites for hydroxylation is 2. The Morgan fingerprint density at radius 2 is 2.12 bits per heavy atom. The summed E-state index contributed by atoms with van der Waals surface area (Å²) >= 11 is 0. The molecule has 9 heteroatoms. The van der Waals surface area contributed by atoms with Gasteiger partial charge in [-0.15, -0.1) is 5.10 Å². The van der Waals surface area contributed by atoms with Crippen molar-refractivity contribution >= 4 is 11.5 Å². The van der Waals surface area contributed by atoms with E-state index in [0.29, 0.717) is 11.6 Å². The molecule has 0 saturated carbocycles. The predicted molar refractivity (Wildman–Crippen MR) is 57.5 cm³/mol. The monoisotopic (exact) mass is 235 g/mol. The molecule has 0 atom stereocenters. The summed E-state index contributed by atoms with van der Waals surface area (Å²) in [5, 5.41) is 14.9. The fraction of sp³-hybridized carbons (Fsp3) is 0.250. The maximum atomic E-state index is 10.9. The molecule has 0 aliphatic heterocycles. The number of rotatable bonds is 2. The van der Waals surface area contributed by atoms with Crippen molar-refractivity contribution in [2.75, 3.05) is 5.73 Å². The average molecular weight is 235 g/mol. The number of nitro groups is 1. The molecule has 0 bridgehead atoms. The van der Waals surface area contributed by atoms with Crippen LogP contribution in [-0.2, 0) is 0 Å². The minimum Gasteiger partial charge on any atom is -0.378 e. The predicted octanol–water partition coefficient (Wildman–Crippen LogP) is 0.165. The van der Waals surface area contributed by atoms with Gasteiger partial charge < -0.3 is 5.73 Å². The van der Waals surface area contributed by atoms with E-state index in [1.165, 1.54) is 4.68 Å². The topological polar surface area (TPSA) is 126 Å². The standard InChI is InChI=1S/C8H9N7O2/c1-4-12-5(2)14(13-4)8-6(15(16)17)7(9)10-3-11-8/h3H,1-2H3,(H2,9,10,11). The minimum absolute atomic E-state index is 0.0144. The van der Waals surface area contributed by atoms with Gasteiger partial charge in [0.25, 0.3) is 0 Å². The Labute approximate surface area is 95.5 Å². The second-order valence-electron chi connectivity index (χ2n) is 3.31. The highest BCUT2D eigenvalue weighted by atomic mass is 16.6. The SMILES string of the molecule is Cc1nc(C)n(-c2ncnc(N)c2[N+](=O)[O-])n1. The van der Waals surface area contributed by atoms with Crippen molar-refractivity contribution in [3.05, 3.63) is 28.1 Å². The van der Waals surface area contributed by atoms with Crippen LogP contribution >= 0.6 is 0 Å². The summed E-state index contributed by atoms with van der Waals surface area (Å²) in [5.74, 6) is 0.797. The first-order valence-corrected chi connectivity index (χ1v) is 4.66. The highest BCUT2D eigenvalue weighted by Gasteiger charge is 2.24. The Morgan fingerprint density at radius 1 is 1.41 bits per heavy atom. The Bertz CT molecular complexity index is 592. The number of hydrogen-bond acceptors (Lipinski definition) is 7. The van der Waals surface area contributed by atoms with Crippen molar-refractivity contribution in [1.29, 1.82) is 0 Å². The molecule has 0 radical (unpaired) electrons. The number of nitrogens with zero attached hydrogens (tertiary/aromatic N) is 6. The zero-order valence-electron chi connectivity index (χ0n) is 9.15. The lowest BCUT2D eigenvalue weighted by molar-refractivity contribution is -0.384. The summed E-state index contributed by atoms with van der Waals surface area (Å²) in [6.45, 7) is 3.35. The molecule has 2 aromatic rings. The molecule has 88 valence electrons. The van der Waals surface area contributed by atoms with Crippen molar-refractivity contribution in [1.82, 2.24) is 24.7 Å². The van der Waals surface area contributed by atoms with Crippen LogP contribution in [0.2, 0.25) is 0 Å². The zero-order chi connectivity index (χ0) is 12.6. The van der Waals surface area contributed by atoms with E-state index in [1.807, 2.05) is 0 Å². The first kappa shape index (κ1) is 10.9. The van der Waals surface area contributed by atoms with Gasteiger partial charge in [-0.3, -0.25) is 10.1 Å². The van der Waals surface area contributed by atoms with Crippen LogP contribution in [0.3, 0.4) is 0 Å². The lowest BCUT2D eigenvalue weighted by Crippen LogP contribution is -2.09. The quantitative estimate of drug-likeness (QED) is 0.580. The molecule has 0 aliphatic rings. The van der Waals surface area contributed by atoms with Gasteiger partial charge in [0, 0.05) is 0 Å². The normalized spacial score (nSPS) is 10.5. The van der Waals surface area contributed by atoms with E-state index < -0.39 is 4.92 Å². The van der Waals surface area contributed by atoms with Crippen molar-refractivity contribution in [2.45, 2.75) is 13.8 Å². The Morgan fingerprint density at radius 3 is 2.65 bits per heavy atom. The third-order valence-corrected chi connectivity index (χ3v) is 2.09. The van der Waals surface area contributed by atoms with Crippen molar-refractivity contribution in [2.24, 2.45) is 0 Å². The second-order valence-corrected chi connectivity index (χ2v) is 3.31. The lowest BCUT2D eigenvalue weighted by atomic mass is 10.4. The summed E-state index contributed by atoms with van der Waals surface area (Å²) in [7, 11) is 0. The highest BCUT2D eigenvalue weighted by Crippen LogP contribution is 2.25. The molecule has 0 saturated heterocycles. The van der Waals surface area contributed by atoms with Gasteiger partial charge in [0.05, 0.1) is 4.92 Å². The number of hydrogen-bond donors (Lipinski definition) is 1. The molecule has 0 aliphatic carbocycles. The summed E-state index contributed by atoms with van der Waals surface area (Å²) in [4.78, 5) is 21.7. The number of nitrogen functional groups attached to an aromatic ring is 1. The van der Waals surface area contributed by atoms with Crippen LogP contribution in [0.5, 0.6) is 0 Å². The van der Waals surface area contributed by atoms with Gasteiger partial charge in [0.1, 0.15) is 18.0 Å². The molecule has 17 heavy (non-hydrogen) atoms. The van der Waals surface area contributed by atoms with Crippen LogP contribution in [-0.4, -0.2) is 29.7 Å². The largest absolute Gasteiger partial charge is 0.378 e. The molecule has 0 aromatic carbocycles. The third kappa shape index (κ3) is 1.77. The molecule has 2 heterocycles. The highest BCUT2D eigenvalue weighted by molar-refractivity contribution is 5.61. The fourth-order valence-corrected chi connectivity index (χ4v) is 1.43. The number of aromatic nitrogens is 5. The molecular formula is C8H9N7O2. The van der Waals surface area contributed by atoms with E-state index in [2.05, 4.69) is 20.1 Å². The maximum Gasteiger partial charge on any atom is 0.355 e. The summed E-state index contributed by atoms with van der Waals surface area (Å²) in [5.41, 5.74) is 5.09. The first-order chi connectivity index (χ1) is 8.00. The fourth-order valence-electron chi connectivity index (χ4n) is 1.43. The van der Waals surface area contributed by atoms with E-state index in [4.69, 9.17) is 5.73 Å². The smallest absolute Gasteiger partial charge is 0.355 e. The molecule has 2 N–H and O–H groups in total. The van der Waals surface area contributed by atoms with Crippen molar-refractivity contribution in [3.63, 3.8) is 0 Å². The minimum atomic E-state index is -0.638. The molecule has 2 rings (SSSR count). The second kappa shape index (κ2) is 3.77. The van der Waals surface area contributed by atoms with E-state index >= 15 is 0 Å². The van der Waals surface area contributed by atoms with Crippen LogP contribution in [0.1, 0.15) is 11.6 Å². The molecule has 9 nitrogen and oxygen atoms in total.